The fourth-order valence-corrected chi connectivity index (χ4v) is 1.13. The first kappa shape index (κ1) is 10.2. The average molecular weight is 221 g/mol. The van der Waals surface area contributed by atoms with Gasteiger partial charge in [0, 0.05) is 5.56 Å². The number of alkyl halides is 2. The zero-order valence-electron chi connectivity index (χ0n) is 7.89. The van der Waals surface area contributed by atoms with Crippen LogP contribution in [0.1, 0.15) is 17.9 Å². The Labute approximate surface area is 89.1 Å². The summed E-state index contributed by atoms with van der Waals surface area (Å²) < 4.78 is 29.1. The Balaban J connectivity index is 2.32. The summed E-state index contributed by atoms with van der Waals surface area (Å²) in [6.45, 7) is 0. The lowest BCUT2D eigenvalue weighted by molar-refractivity contribution is 0.116. The molecule has 4 nitrogen and oxygen atoms in total. The fraction of sp³-hybridized carbons (Fsp3) is 0.100. The zero-order chi connectivity index (χ0) is 11.5. The Morgan fingerprint density at radius 2 is 1.88 bits per heavy atom. The molecule has 6 heteroatoms. The van der Waals surface area contributed by atoms with Crippen LogP contribution in [0.2, 0.25) is 0 Å². The molecule has 0 radical (unpaired) electrons. The van der Waals surface area contributed by atoms with E-state index < -0.39 is 12.3 Å². The van der Waals surface area contributed by atoms with Gasteiger partial charge in [-0.15, -0.1) is 10.2 Å². The molecule has 0 unspecified atom stereocenters. The number of hydrogen-bond donors (Lipinski definition) is 0. The number of nitrogens with zero attached hydrogens (tertiary/aromatic N) is 3. The van der Waals surface area contributed by atoms with Crippen molar-refractivity contribution in [3.8, 4) is 17.5 Å². The summed E-state index contributed by atoms with van der Waals surface area (Å²) in [5, 5.41) is 15.3. The van der Waals surface area contributed by atoms with Crippen LogP contribution in [0.25, 0.3) is 11.5 Å². The summed E-state index contributed by atoms with van der Waals surface area (Å²) in [6, 6.07) is 8.14. The van der Waals surface area contributed by atoms with Crippen molar-refractivity contribution < 1.29 is 13.2 Å². The molecule has 0 bridgehead atoms. The van der Waals surface area contributed by atoms with Crippen molar-refractivity contribution in [1.29, 1.82) is 5.26 Å². The van der Waals surface area contributed by atoms with Gasteiger partial charge in [-0.1, -0.05) is 0 Å². The molecule has 0 aliphatic carbocycles. The van der Waals surface area contributed by atoms with Gasteiger partial charge in [-0.05, 0) is 24.3 Å². The van der Waals surface area contributed by atoms with Crippen LogP contribution in [0.3, 0.4) is 0 Å². The van der Waals surface area contributed by atoms with Gasteiger partial charge in [-0.2, -0.15) is 14.0 Å². The second-order valence-corrected chi connectivity index (χ2v) is 2.94. The van der Waals surface area contributed by atoms with Crippen LogP contribution in [0, 0.1) is 11.3 Å². The van der Waals surface area contributed by atoms with Gasteiger partial charge in [0.05, 0.1) is 11.6 Å². The van der Waals surface area contributed by atoms with E-state index in [0.717, 1.165) is 0 Å². The van der Waals surface area contributed by atoms with Gasteiger partial charge in [0.2, 0.25) is 5.89 Å². The molecular formula is C10H5F2N3O. The third-order valence-corrected chi connectivity index (χ3v) is 1.89. The Hall–Kier alpha value is -2.29. The highest BCUT2D eigenvalue weighted by atomic mass is 19.3. The van der Waals surface area contributed by atoms with Gasteiger partial charge in [0.1, 0.15) is 0 Å². The minimum absolute atomic E-state index is 0.0137. The lowest BCUT2D eigenvalue weighted by Crippen LogP contribution is -1.81. The quantitative estimate of drug-likeness (QED) is 0.781. The third kappa shape index (κ3) is 1.88. The second-order valence-electron chi connectivity index (χ2n) is 2.94. The summed E-state index contributed by atoms with van der Waals surface area (Å²) in [4.78, 5) is 0. The molecule has 0 aliphatic heterocycles. The monoisotopic (exact) mass is 221 g/mol. The molecule has 0 spiro atoms. The molecule has 1 heterocycles. The van der Waals surface area contributed by atoms with Gasteiger partial charge >= 0.3 is 6.43 Å². The van der Waals surface area contributed by atoms with Crippen molar-refractivity contribution >= 4 is 0 Å². The molecule has 80 valence electrons. The van der Waals surface area contributed by atoms with Crippen molar-refractivity contribution in [1.82, 2.24) is 10.2 Å². The van der Waals surface area contributed by atoms with Gasteiger partial charge in [0.25, 0.3) is 5.89 Å². The number of rotatable bonds is 2. The van der Waals surface area contributed by atoms with Crippen molar-refractivity contribution in [3.05, 3.63) is 35.7 Å². The van der Waals surface area contributed by atoms with Gasteiger partial charge in [-0.25, -0.2) is 0 Å². The van der Waals surface area contributed by atoms with Gasteiger partial charge in [0.15, 0.2) is 0 Å². The standard InChI is InChI=1S/C10H5F2N3O/c11-8(12)10-15-14-9(16-10)7-3-1-6(5-13)2-4-7/h1-4,8H. The van der Waals surface area contributed by atoms with E-state index in [9.17, 15) is 8.78 Å². The van der Waals surface area contributed by atoms with Crippen LogP contribution in [-0.2, 0) is 0 Å². The maximum Gasteiger partial charge on any atom is 0.314 e. The van der Waals surface area contributed by atoms with E-state index in [1.165, 1.54) is 0 Å². The predicted molar refractivity (Wildman–Crippen MR) is 49.4 cm³/mol. The topological polar surface area (TPSA) is 62.7 Å². The number of benzene rings is 1. The van der Waals surface area contributed by atoms with E-state index in [0.29, 0.717) is 11.1 Å². The highest BCUT2D eigenvalue weighted by molar-refractivity contribution is 5.54. The number of nitriles is 1. The van der Waals surface area contributed by atoms with E-state index in [2.05, 4.69) is 10.2 Å². The predicted octanol–water partition coefficient (Wildman–Crippen LogP) is 2.55. The third-order valence-electron chi connectivity index (χ3n) is 1.89. The molecule has 2 rings (SSSR count). The van der Waals surface area contributed by atoms with Crippen LogP contribution >= 0.6 is 0 Å². The highest BCUT2D eigenvalue weighted by Crippen LogP contribution is 2.23. The van der Waals surface area contributed by atoms with Crippen LogP contribution in [0.5, 0.6) is 0 Å². The Morgan fingerprint density at radius 3 is 2.38 bits per heavy atom. The van der Waals surface area contributed by atoms with Crippen molar-refractivity contribution in [2.45, 2.75) is 6.43 Å². The molecule has 0 saturated carbocycles. The number of aromatic nitrogens is 2. The minimum Gasteiger partial charge on any atom is -0.415 e. The lowest BCUT2D eigenvalue weighted by Gasteiger charge is -1.93. The Morgan fingerprint density at radius 1 is 1.19 bits per heavy atom. The Kier molecular flexibility index (Phi) is 2.60. The van der Waals surface area contributed by atoms with E-state index >= 15 is 0 Å². The lowest BCUT2D eigenvalue weighted by atomic mass is 10.1. The SMILES string of the molecule is N#Cc1ccc(-c2nnc(C(F)F)o2)cc1. The first-order valence-electron chi connectivity index (χ1n) is 4.33. The molecule has 0 fully saturated rings. The largest absolute Gasteiger partial charge is 0.415 e. The first-order valence-corrected chi connectivity index (χ1v) is 4.33. The van der Waals surface area contributed by atoms with Crippen molar-refractivity contribution in [2.24, 2.45) is 0 Å². The molecule has 0 atom stereocenters. The number of hydrogen-bond acceptors (Lipinski definition) is 4. The van der Waals surface area contributed by atoms with Crippen LogP contribution in [0.4, 0.5) is 8.78 Å². The molecule has 0 amide bonds. The summed E-state index contributed by atoms with van der Waals surface area (Å²) in [5.41, 5.74) is 0.968. The summed E-state index contributed by atoms with van der Waals surface area (Å²) in [7, 11) is 0. The maximum atomic E-state index is 12.2. The fourth-order valence-electron chi connectivity index (χ4n) is 1.13. The highest BCUT2D eigenvalue weighted by Gasteiger charge is 2.16. The molecule has 0 saturated heterocycles. The van der Waals surface area contributed by atoms with Gasteiger partial charge in [-0.3, -0.25) is 0 Å². The van der Waals surface area contributed by atoms with E-state index in [-0.39, 0.29) is 5.89 Å². The van der Waals surface area contributed by atoms with Crippen LogP contribution < -0.4 is 0 Å². The van der Waals surface area contributed by atoms with Crippen LogP contribution in [0.15, 0.2) is 28.7 Å². The molecule has 1 aromatic carbocycles. The van der Waals surface area contributed by atoms with Crippen molar-refractivity contribution in [3.63, 3.8) is 0 Å². The summed E-state index contributed by atoms with van der Waals surface area (Å²) >= 11 is 0. The summed E-state index contributed by atoms with van der Waals surface area (Å²) in [6.07, 6.45) is -2.78. The molecule has 16 heavy (non-hydrogen) atoms. The summed E-state index contributed by atoms with van der Waals surface area (Å²) in [5.74, 6) is -0.695. The smallest absolute Gasteiger partial charge is 0.314 e. The molecule has 2 aromatic rings. The first-order chi connectivity index (χ1) is 7.70. The second kappa shape index (κ2) is 4.06. The Bertz CT molecular complexity index is 528. The van der Waals surface area contributed by atoms with Crippen molar-refractivity contribution in [2.75, 3.05) is 0 Å². The molecule has 1 aromatic heterocycles. The maximum absolute atomic E-state index is 12.2. The molecule has 0 N–H and O–H groups in total. The number of halogens is 2. The average Bonchev–Trinajstić information content (AvgIpc) is 2.78. The van der Waals surface area contributed by atoms with E-state index in [1.54, 1.807) is 24.3 Å². The van der Waals surface area contributed by atoms with Gasteiger partial charge < -0.3 is 4.42 Å². The molecular weight excluding hydrogens is 216 g/mol. The van der Waals surface area contributed by atoms with E-state index in [1.807, 2.05) is 6.07 Å². The van der Waals surface area contributed by atoms with Crippen LogP contribution in [-0.4, -0.2) is 10.2 Å². The minimum atomic E-state index is -2.78. The normalized spacial score (nSPS) is 10.4. The zero-order valence-corrected chi connectivity index (χ0v) is 7.89. The molecule has 0 aliphatic rings. The van der Waals surface area contributed by atoms with E-state index in [4.69, 9.17) is 9.68 Å².